The topological polar surface area (TPSA) is 18.5 Å². The fourth-order valence-corrected chi connectivity index (χ4v) is 1.85. The summed E-state index contributed by atoms with van der Waals surface area (Å²) in [6.07, 6.45) is 11.2. The van der Waals surface area contributed by atoms with Crippen molar-refractivity contribution in [1.82, 2.24) is 0 Å². The van der Waals surface area contributed by atoms with Crippen LogP contribution in [-0.4, -0.2) is 13.7 Å². The first-order valence-electron chi connectivity index (χ1n) is 7.29. The Labute approximate surface area is 138 Å². The van der Waals surface area contributed by atoms with Crippen LogP contribution in [0.1, 0.15) is 6.92 Å². The summed E-state index contributed by atoms with van der Waals surface area (Å²) in [6, 6.07) is 3.78. The minimum atomic E-state index is 0.465. The predicted octanol–water partition coefficient (Wildman–Crippen LogP) is 3.70. The molecule has 0 amide bonds. The Balaban J connectivity index is 3.22. The van der Waals surface area contributed by atoms with Crippen molar-refractivity contribution in [3.05, 3.63) is 83.8 Å². The summed E-state index contributed by atoms with van der Waals surface area (Å²) in [6.45, 7) is 17.7. The Kier molecular flexibility index (Phi) is 7.41. The van der Waals surface area contributed by atoms with E-state index in [1.54, 1.807) is 19.3 Å². The second kappa shape index (κ2) is 9.31. The van der Waals surface area contributed by atoms with Crippen molar-refractivity contribution in [2.75, 3.05) is 13.7 Å². The molecule has 0 bridgehead atoms. The second-order valence-corrected chi connectivity index (χ2v) is 5.08. The minimum absolute atomic E-state index is 0.465. The third kappa shape index (κ3) is 5.87. The molecule has 0 heterocycles. The molecule has 0 atom stereocenters. The van der Waals surface area contributed by atoms with E-state index in [9.17, 15) is 0 Å². The third-order valence-electron chi connectivity index (χ3n) is 3.00. The van der Waals surface area contributed by atoms with Gasteiger partial charge in [-0.05, 0) is 30.2 Å². The van der Waals surface area contributed by atoms with Crippen molar-refractivity contribution < 1.29 is 9.47 Å². The Morgan fingerprint density at radius 1 is 1.22 bits per heavy atom. The van der Waals surface area contributed by atoms with E-state index in [0.29, 0.717) is 6.61 Å². The van der Waals surface area contributed by atoms with Crippen LogP contribution in [0.3, 0.4) is 0 Å². The molecule has 0 saturated carbocycles. The van der Waals surface area contributed by atoms with Gasteiger partial charge in [-0.15, -0.1) is 0 Å². The Morgan fingerprint density at radius 2 is 1.96 bits per heavy atom. The molecule has 0 aliphatic heterocycles. The van der Waals surface area contributed by atoms with Crippen molar-refractivity contribution >= 4 is 12.7 Å². The summed E-state index contributed by atoms with van der Waals surface area (Å²) < 4.78 is 11.1. The molecule has 0 N–H and O–H groups in total. The first kappa shape index (κ1) is 18.3. The van der Waals surface area contributed by atoms with E-state index < -0.39 is 0 Å². The summed E-state index contributed by atoms with van der Waals surface area (Å²) >= 11 is 0. The van der Waals surface area contributed by atoms with E-state index in [1.165, 1.54) is 0 Å². The molecule has 1 rings (SSSR count). The van der Waals surface area contributed by atoms with Crippen LogP contribution in [-0.2, 0) is 0 Å². The van der Waals surface area contributed by atoms with Gasteiger partial charge >= 0.3 is 0 Å². The number of allylic oxidation sites excluding steroid dienone is 6. The number of hydrogen-bond acceptors (Lipinski definition) is 2. The molecule has 0 spiro atoms. The zero-order valence-electron chi connectivity index (χ0n) is 14.0. The largest absolute Gasteiger partial charge is 0.496 e. The van der Waals surface area contributed by atoms with Crippen molar-refractivity contribution in [2.45, 2.75) is 6.92 Å². The highest BCUT2D eigenvalue weighted by Gasteiger charge is 2.01. The molecule has 1 aromatic rings. The summed E-state index contributed by atoms with van der Waals surface area (Å²) in [5.41, 5.74) is 1.93. The lowest BCUT2D eigenvalue weighted by Crippen LogP contribution is -2.15. The van der Waals surface area contributed by atoms with E-state index in [1.807, 2.05) is 43.4 Å². The lowest BCUT2D eigenvalue weighted by Gasteiger charge is -2.08. The number of rotatable bonds is 8. The smallest absolute Gasteiger partial charge is 0.127 e. The number of hydrogen-bond donors (Lipinski definition) is 0. The minimum Gasteiger partial charge on any atom is -0.496 e. The molecule has 23 heavy (non-hydrogen) atoms. The number of benzene rings is 1. The Bertz CT molecular complexity index is 749. The maximum Gasteiger partial charge on any atom is 0.127 e. The number of ether oxygens (including phenoxy) is 2. The van der Waals surface area contributed by atoms with Gasteiger partial charge in [0.1, 0.15) is 18.1 Å². The molecular formula is C21H24O2. The lowest BCUT2D eigenvalue weighted by atomic mass is 10.2. The molecule has 0 aromatic heterocycles. The van der Waals surface area contributed by atoms with Gasteiger partial charge in [0, 0.05) is 10.4 Å². The van der Waals surface area contributed by atoms with Gasteiger partial charge in [-0.3, -0.25) is 0 Å². The zero-order chi connectivity index (χ0) is 17.2. The van der Waals surface area contributed by atoms with Gasteiger partial charge in [-0.2, -0.15) is 0 Å². The van der Waals surface area contributed by atoms with Gasteiger partial charge in [-0.1, -0.05) is 62.8 Å². The fraction of sp³-hybridized carbons (Fsp3) is 0.143. The summed E-state index contributed by atoms with van der Waals surface area (Å²) in [4.78, 5) is 0. The van der Waals surface area contributed by atoms with E-state index in [-0.39, 0.29) is 0 Å². The van der Waals surface area contributed by atoms with Crippen molar-refractivity contribution in [3.63, 3.8) is 0 Å². The first-order valence-corrected chi connectivity index (χ1v) is 7.29. The van der Waals surface area contributed by atoms with Crippen LogP contribution in [0.25, 0.3) is 12.7 Å². The molecule has 0 aliphatic rings. The van der Waals surface area contributed by atoms with Gasteiger partial charge < -0.3 is 9.47 Å². The van der Waals surface area contributed by atoms with Gasteiger partial charge in [0.25, 0.3) is 0 Å². The molecule has 2 heteroatoms. The first-order chi connectivity index (χ1) is 11.0. The van der Waals surface area contributed by atoms with Crippen molar-refractivity contribution in [3.8, 4) is 11.5 Å². The predicted molar refractivity (Wildman–Crippen MR) is 100 cm³/mol. The van der Waals surface area contributed by atoms with E-state index in [4.69, 9.17) is 9.47 Å². The average molecular weight is 308 g/mol. The highest BCUT2D eigenvalue weighted by molar-refractivity contribution is 5.49. The fourth-order valence-electron chi connectivity index (χ4n) is 1.85. The monoisotopic (exact) mass is 308 g/mol. The molecule has 120 valence electrons. The maximum atomic E-state index is 5.72. The highest BCUT2D eigenvalue weighted by Crippen LogP contribution is 2.07. The van der Waals surface area contributed by atoms with Crippen LogP contribution in [0.15, 0.2) is 73.4 Å². The normalized spacial score (nSPS) is 12.3. The summed E-state index contributed by atoms with van der Waals surface area (Å²) in [5, 5.41) is 1.69. The van der Waals surface area contributed by atoms with Gasteiger partial charge in [0.15, 0.2) is 0 Å². The molecule has 0 fully saturated rings. The molecule has 2 nitrogen and oxygen atoms in total. The third-order valence-corrected chi connectivity index (χ3v) is 3.00. The van der Waals surface area contributed by atoms with Crippen LogP contribution in [0.5, 0.6) is 11.5 Å². The summed E-state index contributed by atoms with van der Waals surface area (Å²) in [7, 11) is 1.64. The van der Waals surface area contributed by atoms with Crippen LogP contribution in [0, 0.1) is 0 Å². The maximum absolute atomic E-state index is 5.72. The lowest BCUT2D eigenvalue weighted by molar-refractivity contribution is 0.347. The Hall–Kier alpha value is -2.74. The molecule has 0 aliphatic carbocycles. The molecule has 0 saturated heterocycles. The van der Waals surface area contributed by atoms with Crippen LogP contribution in [0.2, 0.25) is 0 Å². The highest BCUT2D eigenvalue weighted by atomic mass is 16.5. The molecule has 0 radical (unpaired) electrons. The standard InChI is InChI=1S/C21H24O2/c1-7-10-18(8-2)11-9-12-19-14-20(23-15-16(3)4)17(5)13-21(19)22-6/h7-14H,1-3,5,15H2,4,6H3/b11-9+,18-10+,19-12-. The molecular weight excluding hydrogens is 284 g/mol. The second-order valence-electron chi connectivity index (χ2n) is 5.08. The summed E-state index contributed by atoms with van der Waals surface area (Å²) in [5.74, 6) is 1.47. The average Bonchev–Trinajstić information content (AvgIpc) is 2.53. The van der Waals surface area contributed by atoms with Gasteiger partial charge in [0.05, 0.1) is 7.11 Å². The number of methoxy groups -OCH3 is 1. The van der Waals surface area contributed by atoms with Crippen LogP contribution in [0.4, 0.5) is 0 Å². The van der Waals surface area contributed by atoms with Crippen LogP contribution < -0.4 is 19.9 Å². The quantitative estimate of drug-likeness (QED) is 0.538. The van der Waals surface area contributed by atoms with E-state index >= 15 is 0 Å². The van der Waals surface area contributed by atoms with Crippen LogP contribution >= 0.6 is 0 Å². The van der Waals surface area contributed by atoms with E-state index in [0.717, 1.165) is 33.1 Å². The SMILES string of the molecule is C=C/C=C(C=C)/C=C/C=c1/cc(OCC(=C)C)c(=C)cc1OC. The van der Waals surface area contributed by atoms with Gasteiger partial charge in [0.2, 0.25) is 0 Å². The van der Waals surface area contributed by atoms with Gasteiger partial charge in [-0.25, -0.2) is 0 Å². The van der Waals surface area contributed by atoms with Crippen molar-refractivity contribution in [1.29, 1.82) is 0 Å². The molecule has 0 unspecified atom stereocenters. The van der Waals surface area contributed by atoms with E-state index in [2.05, 4.69) is 26.3 Å². The van der Waals surface area contributed by atoms with Crippen molar-refractivity contribution in [2.24, 2.45) is 0 Å². The molecule has 1 aromatic carbocycles. The Morgan fingerprint density at radius 3 is 2.52 bits per heavy atom. The zero-order valence-corrected chi connectivity index (χ0v) is 14.0.